The van der Waals surface area contributed by atoms with Crippen molar-refractivity contribution in [2.45, 2.75) is 366 Å². The van der Waals surface area contributed by atoms with E-state index < -0.39 is 12.1 Å². The summed E-state index contributed by atoms with van der Waals surface area (Å²) in [5, 5.41) is 23.3. The number of allylic oxidation sites excluding steroid dienone is 3. The van der Waals surface area contributed by atoms with E-state index in [-0.39, 0.29) is 18.5 Å². The molecular weight excluding hydrogens is 875 g/mol. The van der Waals surface area contributed by atoms with Gasteiger partial charge in [-0.05, 0) is 44.9 Å². The van der Waals surface area contributed by atoms with Crippen molar-refractivity contribution in [3.8, 4) is 0 Å². The molecule has 0 aromatic carbocycles. The van der Waals surface area contributed by atoms with Crippen LogP contribution in [0, 0.1) is 0 Å². The molecule has 0 saturated heterocycles. The zero-order valence-electron chi connectivity index (χ0n) is 48.0. The number of carbonyl (C=O) groups is 2. The highest BCUT2D eigenvalue weighted by atomic mass is 16.5. The van der Waals surface area contributed by atoms with Crippen LogP contribution in [0.15, 0.2) is 24.3 Å². The normalized spacial score (nSPS) is 12.7. The molecule has 0 radical (unpaired) electrons. The second-order valence-electron chi connectivity index (χ2n) is 22.1. The van der Waals surface area contributed by atoms with Gasteiger partial charge in [-0.3, -0.25) is 9.59 Å². The molecule has 2 unspecified atom stereocenters. The summed E-state index contributed by atoms with van der Waals surface area (Å²) in [5.41, 5.74) is 0. The fraction of sp³-hybridized carbons (Fsp3) is 0.908. The van der Waals surface area contributed by atoms with Crippen molar-refractivity contribution in [3.05, 3.63) is 24.3 Å². The van der Waals surface area contributed by atoms with Crippen LogP contribution in [0.3, 0.4) is 0 Å². The van der Waals surface area contributed by atoms with Crippen molar-refractivity contribution in [2.24, 2.45) is 0 Å². The predicted octanol–water partition coefficient (Wildman–Crippen LogP) is 20.2. The van der Waals surface area contributed by atoms with Gasteiger partial charge in [0.15, 0.2) is 0 Å². The topological polar surface area (TPSA) is 95.9 Å². The van der Waals surface area contributed by atoms with Crippen molar-refractivity contribution in [3.63, 3.8) is 0 Å². The largest absolute Gasteiger partial charge is 0.465 e. The Bertz CT molecular complexity index is 1110. The number of aliphatic hydroxyl groups is 2. The molecule has 0 aliphatic heterocycles. The number of hydrogen-bond acceptors (Lipinski definition) is 5. The standard InChI is InChI=1S/C65H125NO5/c1-3-5-7-9-11-13-15-17-19-26-29-33-37-41-45-49-53-57-63(68)62(61-67)66-64(69)58-54-50-46-42-38-34-30-27-24-22-21-23-25-28-32-36-40-44-48-52-56-60-71-65(70)59-55-51-47-43-39-35-31-20-18-16-14-12-10-8-6-4-2/h36,40,48,52,62-63,67-68H,3-35,37-39,41-47,49-51,53-61H2,1-2H3,(H,66,69)/b40-36-,52-48-. The van der Waals surface area contributed by atoms with Crippen molar-refractivity contribution in [1.82, 2.24) is 5.32 Å². The van der Waals surface area contributed by atoms with Gasteiger partial charge in [0.2, 0.25) is 5.91 Å². The maximum Gasteiger partial charge on any atom is 0.305 e. The van der Waals surface area contributed by atoms with Crippen LogP contribution in [0.4, 0.5) is 0 Å². The number of ether oxygens (including phenoxy) is 1. The Balaban J connectivity index is 3.44. The molecule has 0 saturated carbocycles. The van der Waals surface area contributed by atoms with E-state index in [0.29, 0.717) is 25.9 Å². The van der Waals surface area contributed by atoms with Gasteiger partial charge in [-0.15, -0.1) is 0 Å². The number of hydrogen-bond donors (Lipinski definition) is 3. The number of aliphatic hydroxyl groups excluding tert-OH is 2. The second kappa shape index (κ2) is 60.9. The van der Waals surface area contributed by atoms with Gasteiger partial charge in [0.05, 0.1) is 25.4 Å². The van der Waals surface area contributed by atoms with Gasteiger partial charge in [0.1, 0.15) is 0 Å². The minimum Gasteiger partial charge on any atom is -0.465 e. The van der Waals surface area contributed by atoms with Gasteiger partial charge >= 0.3 is 5.97 Å². The number of unbranched alkanes of at least 4 members (excludes halogenated alkanes) is 45. The van der Waals surface area contributed by atoms with Crippen LogP contribution in [0.25, 0.3) is 0 Å². The zero-order valence-corrected chi connectivity index (χ0v) is 48.0. The first kappa shape index (κ1) is 69.3. The van der Waals surface area contributed by atoms with Crippen LogP contribution in [0.2, 0.25) is 0 Å². The second-order valence-corrected chi connectivity index (χ2v) is 22.1. The van der Waals surface area contributed by atoms with Crippen molar-refractivity contribution < 1.29 is 24.5 Å². The number of nitrogens with one attached hydrogen (secondary N) is 1. The lowest BCUT2D eigenvalue weighted by Crippen LogP contribution is -2.45. The first-order valence-corrected chi connectivity index (χ1v) is 32.1. The molecular formula is C65H125NO5. The summed E-state index contributed by atoms with van der Waals surface area (Å²) in [4.78, 5) is 24.6. The molecule has 6 nitrogen and oxygen atoms in total. The Kier molecular flexibility index (Phi) is 59.5. The SMILES string of the molecule is CCCCCCCCCCCCCCCCCCCC(O)C(CO)NC(=O)CCCCCCCCCCCCCCCC/C=C\C/C=C\CCOC(=O)CCCCCCCCCCCCCCCCCC. The summed E-state index contributed by atoms with van der Waals surface area (Å²) < 4.78 is 5.43. The minimum absolute atomic E-state index is 0.0311. The number of amides is 1. The third kappa shape index (κ3) is 57.5. The van der Waals surface area contributed by atoms with E-state index >= 15 is 0 Å². The molecule has 1 amide bonds. The van der Waals surface area contributed by atoms with Crippen LogP contribution in [0.5, 0.6) is 0 Å². The van der Waals surface area contributed by atoms with Gasteiger partial charge in [0.25, 0.3) is 0 Å². The Morgan fingerprint density at radius 3 is 1.07 bits per heavy atom. The van der Waals surface area contributed by atoms with Crippen LogP contribution in [-0.2, 0) is 14.3 Å². The van der Waals surface area contributed by atoms with E-state index in [1.54, 1.807) is 0 Å². The molecule has 6 heteroatoms. The highest BCUT2D eigenvalue weighted by Crippen LogP contribution is 2.18. The maximum atomic E-state index is 12.5. The number of carbonyl (C=O) groups excluding carboxylic acids is 2. The molecule has 71 heavy (non-hydrogen) atoms. The molecule has 0 aromatic rings. The first-order valence-electron chi connectivity index (χ1n) is 32.1. The van der Waals surface area contributed by atoms with Gasteiger partial charge in [-0.1, -0.05) is 321 Å². The summed E-state index contributed by atoms with van der Waals surface area (Å²) in [6.45, 7) is 4.87. The number of esters is 1. The smallest absolute Gasteiger partial charge is 0.305 e. The summed E-state index contributed by atoms with van der Waals surface area (Å²) in [7, 11) is 0. The monoisotopic (exact) mass is 1000 g/mol. The lowest BCUT2D eigenvalue weighted by atomic mass is 10.0. The lowest BCUT2D eigenvalue weighted by molar-refractivity contribution is -0.143. The summed E-state index contributed by atoms with van der Waals surface area (Å²) in [6.07, 6.45) is 74.9. The Morgan fingerprint density at radius 1 is 0.394 bits per heavy atom. The van der Waals surface area contributed by atoms with Crippen LogP contribution in [0.1, 0.15) is 354 Å². The third-order valence-corrected chi connectivity index (χ3v) is 15.0. The van der Waals surface area contributed by atoms with Crippen molar-refractivity contribution >= 4 is 11.9 Å². The van der Waals surface area contributed by atoms with Crippen LogP contribution < -0.4 is 5.32 Å². The molecule has 0 bridgehead atoms. The first-order chi connectivity index (χ1) is 35.0. The van der Waals surface area contributed by atoms with Crippen molar-refractivity contribution in [2.75, 3.05) is 13.2 Å². The number of rotatable bonds is 60. The highest BCUT2D eigenvalue weighted by molar-refractivity contribution is 5.76. The third-order valence-electron chi connectivity index (χ3n) is 15.0. The minimum atomic E-state index is -0.668. The van der Waals surface area contributed by atoms with E-state index in [9.17, 15) is 19.8 Å². The van der Waals surface area contributed by atoms with E-state index in [4.69, 9.17) is 4.74 Å². The van der Waals surface area contributed by atoms with Crippen molar-refractivity contribution in [1.29, 1.82) is 0 Å². The molecule has 0 aliphatic carbocycles. The highest BCUT2D eigenvalue weighted by Gasteiger charge is 2.20. The molecule has 0 heterocycles. The average molecular weight is 1000 g/mol. The maximum absolute atomic E-state index is 12.5. The predicted molar refractivity (Wildman–Crippen MR) is 310 cm³/mol. The van der Waals surface area contributed by atoms with E-state index in [1.165, 1.54) is 270 Å². The Labute approximate surface area is 443 Å². The van der Waals surface area contributed by atoms with Crippen LogP contribution in [-0.4, -0.2) is 47.4 Å². The fourth-order valence-corrected chi connectivity index (χ4v) is 10.1. The van der Waals surface area contributed by atoms with Gasteiger partial charge in [0, 0.05) is 12.8 Å². The van der Waals surface area contributed by atoms with Crippen LogP contribution >= 0.6 is 0 Å². The molecule has 2 atom stereocenters. The fourth-order valence-electron chi connectivity index (χ4n) is 10.1. The molecule has 0 aromatic heterocycles. The quantitative estimate of drug-likeness (QED) is 0.0320. The van der Waals surface area contributed by atoms with Gasteiger partial charge in [-0.2, -0.15) is 0 Å². The average Bonchev–Trinajstić information content (AvgIpc) is 3.37. The summed E-state index contributed by atoms with van der Waals surface area (Å²) in [5.74, 6) is -0.0680. The molecule has 0 spiro atoms. The molecule has 0 aliphatic rings. The lowest BCUT2D eigenvalue weighted by Gasteiger charge is -2.22. The molecule has 0 fully saturated rings. The van der Waals surface area contributed by atoms with E-state index in [1.807, 2.05) is 0 Å². The van der Waals surface area contributed by atoms with Gasteiger partial charge in [-0.25, -0.2) is 0 Å². The van der Waals surface area contributed by atoms with E-state index in [0.717, 1.165) is 51.4 Å². The van der Waals surface area contributed by atoms with E-state index in [2.05, 4.69) is 43.5 Å². The summed E-state index contributed by atoms with van der Waals surface area (Å²) in [6, 6.07) is -0.545. The zero-order chi connectivity index (χ0) is 51.4. The molecule has 420 valence electrons. The molecule has 0 rings (SSSR count). The molecule has 3 N–H and O–H groups in total. The summed E-state index contributed by atoms with van der Waals surface area (Å²) >= 11 is 0. The Hall–Kier alpha value is -1.66. The Morgan fingerprint density at radius 2 is 0.704 bits per heavy atom. The van der Waals surface area contributed by atoms with Gasteiger partial charge < -0.3 is 20.3 Å².